The van der Waals surface area contributed by atoms with Crippen LogP contribution < -0.4 is 0 Å². The number of carbonyl (C=O) groups is 2. The maximum absolute atomic E-state index is 12.8. The average molecular weight is 439 g/mol. The monoisotopic (exact) mass is 438 g/mol. The molecule has 0 N–H and O–H groups in total. The highest BCUT2D eigenvalue weighted by atomic mass is 16.5. The molecule has 8 heteroatoms. The Morgan fingerprint density at radius 2 is 1.88 bits per heavy atom. The second-order valence-electron chi connectivity index (χ2n) is 8.16. The van der Waals surface area contributed by atoms with Crippen molar-refractivity contribution in [2.45, 2.75) is 46.6 Å². The Kier molecular flexibility index (Phi) is 7.25. The molecule has 32 heavy (non-hydrogen) atoms. The molecule has 0 aromatic carbocycles. The van der Waals surface area contributed by atoms with Crippen molar-refractivity contribution in [3.8, 4) is 5.82 Å². The third kappa shape index (κ3) is 4.65. The fraction of sp³-hybridized carbons (Fsp3) is 0.417. The van der Waals surface area contributed by atoms with Crippen molar-refractivity contribution in [3.05, 3.63) is 64.9 Å². The number of methoxy groups -OCH3 is 1. The van der Waals surface area contributed by atoms with Gasteiger partial charge in [0.15, 0.2) is 12.4 Å². The molecule has 0 fully saturated rings. The Morgan fingerprint density at radius 1 is 1.12 bits per heavy atom. The van der Waals surface area contributed by atoms with Gasteiger partial charge in [-0.2, -0.15) is 5.10 Å². The van der Waals surface area contributed by atoms with Gasteiger partial charge in [-0.1, -0.05) is 19.9 Å². The van der Waals surface area contributed by atoms with Crippen LogP contribution in [0.15, 0.2) is 36.7 Å². The number of aryl methyl sites for hydroxylation is 1. The van der Waals surface area contributed by atoms with Crippen LogP contribution in [-0.2, 0) is 9.47 Å². The van der Waals surface area contributed by atoms with Crippen LogP contribution in [0.4, 0.5) is 0 Å². The molecule has 170 valence electrons. The summed E-state index contributed by atoms with van der Waals surface area (Å²) in [5, 5.41) is 4.33. The third-order valence-electron chi connectivity index (χ3n) is 5.41. The van der Waals surface area contributed by atoms with E-state index in [0.717, 1.165) is 11.4 Å². The molecule has 0 aliphatic heterocycles. The zero-order chi connectivity index (χ0) is 23.4. The smallest absolute Gasteiger partial charge is 0.342 e. The lowest BCUT2D eigenvalue weighted by Crippen LogP contribution is -2.18. The number of ketones is 1. The third-order valence-corrected chi connectivity index (χ3v) is 5.41. The Hall–Kier alpha value is -3.26. The summed E-state index contributed by atoms with van der Waals surface area (Å²) < 4.78 is 14.3. The van der Waals surface area contributed by atoms with Gasteiger partial charge in [0.1, 0.15) is 5.56 Å². The van der Waals surface area contributed by atoms with E-state index in [1.54, 1.807) is 18.0 Å². The van der Waals surface area contributed by atoms with Gasteiger partial charge in [0.2, 0.25) is 5.78 Å². The zero-order valence-electron chi connectivity index (χ0n) is 19.5. The van der Waals surface area contributed by atoms with Crippen molar-refractivity contribution < 1.29 is 19.1 Å². The molecule has 8 nitrogen and oxygen atoms in total. The first-order chi connectivity index (χ1) is 15.3. The molecule has 0 saturated heterocycles. The van der Waals surface area contributed by atoms with E-state index in [9.17, 15) is 9.59 Å². The summed E-state index contributed by atoms with van der Waals surface area (Å²) in [6.07, 6.45) is 3.14. The Balaban J connectivity index is 1.78. The van der Waals surface area contributed by atoms with Crippen molar-refractivity contribution in [2.75, 3.05) is 20.3 Å². The van der Waals surface area contributed by atoms with Gasteiger partial charge in [-0.3, -0.25) is 4.79 Å². The molecule has 3 aromatic heterocycles. The highest BCUT2D eigenvalue weighted by molar-refractivity contribution is 6.00. The van der Waals surface area contributed by atoms with Crippen molar-refractivity contribution in [3.63, 3.8) is 0 Å². The van der Waals surface area contributed by atoms with Crippen LogP contribution in [0.3, 0.4) is 0 Å². The summed E-state index contributed by atoms with van der Waals surface area (Å²) in [5.41, 5.74) is 3.36. The fourth-order valence-electron chi connectivity index (χ4n) is 4.07. The Labute approximate surface area is 188 Å². The number of nitrogens with zero attached hydrogens (tertiary/aromatic N) is 4. The number of pyridine rings is 1. The largest absolute Gasteiger partial charge is 0.454 e. The second kappa shape index (κ2) is 9.91. The SMILES string of the molecule is COCC(C)n1c(C)cc(C(=O)COC(=O)c2cnn(-c3ccccn3)c2C(C)C)c1C. The predicted octanol–water partition coefficient (Wildman–Crippen LogP) is 4.06. The first-order valence-corrected chi connectivity index (χ1v) is 10.6. The minimum Gasteiger partial charge on any atom is -0.454 e. The highest BCUT2D eigenvalue weighted by Gasteiger charge is 2.24. The molecule has 0 aliphatic rings. The minimum absolute atomic E-state index is 0.000967. The van der Waals surface area contributed by atoms with E-state index in [2.05, 4.69) is 14.6 Å². The van der Waals surface area contributed by atoms with E-state index < -0.39 is 5.97 Å². The highest BCUT2D eigenvalue weighted by Crippen LogP contribution is 2.24. The number of hydrogen-bond donors (Lipinski definition) is 0. The van der Waals surface area contributed by atoms with Crippen molar-refractivity contribution >= 4 is 11.8 Å². The molecule has 3 rings (SSSR count). The number of hydrogen-bond acceptors (Lipinski definition) is 6. The molecule has 1 unspecified atom stereocenters. The predicted molar refractivity (Wildman–Crippen MR) is 121 cm³/mol. The molecule has 1 atom stereocenters. The van der Waals surface area contributed by atoms with E-state index in [1.165, 1.54) is 6.20 Å². The van der Waals surface area contributed by atoms with Gasteiger partial charge in [0.25, 0.3) is 0 Å². The quantitative estimate of drug-likeness (QED) is 0.370. The molecule has 0 bridgehead atoms. The zero-order valence-corrected chi connectivity index (χ0v) is 19.5. The van der Waals surface area contributed by atoms with Crippen LogP contribution in [0.25, 0.3) is 5.82 Å². The molecular weight excluding hydrogens is 408 g/mol. The molecular formula is C24H30N4O4. The summed E-state index contributed by atoms with van der Waals surface area (Å²) >= 11 is 0. The number of rotatable bonds is 9. The van der Waals surface area contributed by atoms with E-state index >= 15 is 0 Å². The number of ether oxygens (including phenoxy) is 2. The maximum Gasteiger partial charge on any atom is 0.342 e. The molecule has 0 radical (unpaired) electrons. The lowest BCUT2D eigenvalue weighted by atomic mass is 10.1. The lowest BCUT2D eigenvalue weighted by molar-refractivity contribution is 0.0473. The Morgan fingerprint density at radius 3 is 2.50 bits per heavy atom. The van der Waals surface area contributed by atoms with Crippen LogP contribution >= 0.6 is 0 Å². The van der Waals surface area contributed by atoms with Crippen molar-refractivity contribution in [1.29, 1.82) is 0 Å². The fourth-order valence-corrected chi connectivity index (χ4v) is 4.07. The molecule has 3 aromatic rings. The topological polar surface area (TPSA) is 88.2 Å². The number of Topliss-reactive ketones (excluding diaryl/α,β-unsaturated/α-hetero) is 1. The molecule has 0 spiro atoms. The molecule has 0 aliphatic carbocycles. The molecule has 0 amide bonds. The first kappa shape index (κ1) is 23.4. The normalized spacial score (nSPS) is 12.2. The lowest BCUT2D eigenvalue weighted by Gasteiger charge is -2.17. The summed E-state index contributed by atoms with van der Waals surface area (Å²) in [4.78, 5) is 30.0. The number of esters is 1. The van der Waals surface area contributed by atoms with Crippen LogP contribution in [0.1, 0.15) is 70.5 Å². The summed E-state index contributed by atoms with van der Waals surface area (Å²) in [6, 6.07) is 7.41. The molecule has 3 heterocycles. The van der Waals surface area contributed by atoms with E-state index in [-0.39, 0.29) is 24.3 Å². The summed E-state index contributed by atoms with van der Waals surface area (Å²) in [5.74, 6) is -0.209. The van der Waals surface area contributed by atoms with Crippen molar-refractivity contribution in [2.24, 2.45) is 0 Å². The van der Waals surface area contributed by atoms with Crippen LogP contribution in [-0.4, -0.2) is 51.4 Å². The van der Waals surface area contributed by atoms with Crippen molar-refractivity contribution in [1.82, 2.24) is 19.3 Å². The second-order valence-corrected chi connectivity index (χ2v) is 8.16. The first-order valence-electron chi connectivity index (χ1n) is 10.6. The van der Waals surface area contributed by atoms with Crippen LogP contribution in [0, 0.1) is 13.8 Å². The minimum atomic E-state index is -0.578. The van der Waals surface area contributed by atoms with E-state index in [1.807, 2.05) is 58.9 Å². The number of aromatic nitrogens is 4. The summed E-state index contributed by atoms with van der Waals surface area (Å²) in [7, 11) is 1.65. The average Bonchev–Trinajstić information content (AvgIpc) is 3.34. The number of carbonyl (C=O) groups excluding carboxylic acids is 2. The molecule has 0 saturated carbocycles. The van der Waals surface area contributed by atoms with Crippen LogP contribution in [0.2, 0.25) is 0 Å². The summed E-state index contributed by atoms with van der Waals surface area (Å²) in [6.45, 7) is 10.0. The van der Waals surface area contributed by atoms with Gasteiger partial charge in [-0.25, -0.2) is 14.5 Å². The van der Waals surface area contributed by atoms with Gasteiger partial charge in [0, 0.05) is 30.3 Å². The van der Waals surface area contributed by atoms with Gasteiger partial charge in [-0.05, 0) is 44.9 Å². The standard InChI is InChI=1S/C24H30N4O4/c1-15(2)23-20(12-26-28(23)22-9-7-8-10-25-22)24(30)32-14-21(29)19-11-16(3)27(18(19)5)17(4)13-31-6/h7-12,15,17H,13-14H2,1-6H3. The Bertz CT molecular complexity index is 1100. The van der Waals surface area contributed by atoms with Gasteiger partial charge < -0.3 is 14.0 Å². The van der Waals surface area contributed by atoms with Gasteiger partial charge in [0.05, 0.1) is 24.5 Å². The van der Waals surface area contributed by atoms with Crippen LogP contribution in [0.5, 0.6) is 0 Å². The maximum atomic E-state index is 12.8. The van der Waals surface area contributed by atoms with E-state index in [4.69, 9.17) is 9.47 Å². The van der Waals surface area contributed by atoms with Gasteiger partial charge >= 0.3 is 5.97 Å². The van der Waals surface area contributed by atoms with E-state index in [0.29, 0.717) is 29.2 Å². The van der Waals surface area contributed by atoms with Gasteiger partial charge in [-0.15, -0.1) is 0 Å².